The molecule has 2 N–H and O–H groups in total. The van der Waals surface area contributed by atoms with Gasteiger partial charge in [0.2, 0.25) is 34.8 Å². The number of benzene rings is 5. The van der Waals surface area contributed by atoms with Gasteiger partial charge in [0.05, 0.1) is 28.3 Å². The lowest BCUT2D eigenvalue weighted by Crippen LogP contribution is -2.16. The number of carbonyl (C=O) groups is 1. The molecule has 11 heteroatoms. The molecule has 6 nitrogen and oxygen atoms in total. The highest BCUT2D eigenvalue weighted by Crippen LogP contribution is 2.44. The number of H-pyrrole nitrogens is 2. The Bertz CT molecular complexity index is 4120. The van der Waals surface area contributed by atoms with Crippen LogP contribution in [-0.4, -0.2) is 25.9 Å². The van der Waals surface area contributed by atoms with E-state index in [2.05, 4.69) is 213 Å². The largest absolute Gasteiger partial charge is 0.416 e. The SMILES string of the molecule is CC(C)(C)c1cc(-c2c3nc(c(-c4cc(C(C)(C)C)cc(C(C)(C)C)c4)c4ccc([nH]4)c(-c4cc(C(C)(C)C)cc(C(C)(C)C)c4)c4nc(c(-c5ccc(C(=O)Oc6c(F)c(F)c(F)c(F)c6F)cc5)c5ccc2[nH]5)C=C4)C=C3)cc(C(C)(C)C)c1. The fraction of sp³-hybridized carbons (Fsp3) is 0.320. The number of hydrogen-bond donors (Lipinski definition) is 2. The highest BCUT2D eigenvalue weighted by Gasteiger charge is 2.31. The van der Waals surface area contributed by atoms with Crippen molar-refractivity contribution in [1.82, 2.24) is 19.9 Å². The second-order valence-electron chi connectivity index (χ2n) is 29.3. The quantitative estimate of drug-likeness (QED) is 0.0571. The van der Waals surface area contributed by atoms with Crippen molar-refractivity contribution in [2.45, 2.75) is 157 Å². The van der Waals surface area contributed by atoms with Crippen LogP contribution in [-0.2, 0) is 32.5 Å². The Balaban J connectivity index is 1.36. The minimum atomic E-state index is -2.36. The summed E-state index contributed by atoms with van der Waals surface area (Å²) in [7, 11) is 0. The van der Waals surface area contributed by atoms with Crippen LogP contribution in [0, 0.1) is 29.1 Å². The Morgan fingerprint density at radius 1 is 0.337 bits per heavy atom. The lowest BCUT2D eigenvalue weighted by molar-refractivity contribution is 0.0716. The molecule has 0 fully saturated rings. The summed E-state index contributed by atoms with van der Waals surface area (Å²) in [6.45, 7) is 40.2. The van der Waals surface area contributed by atoms with Crippen LogP contribution in [0.15, 0.2) is 103 Å². The molecule has 0 atom stereocenters. The summed E-state index contributed by atoms with van der Waals surface area (Å²) >= 11 is 0. The van der Waals surface area contributed by atoms with Crippen molar-refractivity contribution in [3.8, 4) is 50.3 Å². The maximum absolute atomic E-state index is 14.8. The van der Waals surface area contributed by atoms with Gasteiger partial charge in [0.1, 0.15) is 0 Å². The maximum atomic E-state index is 14.8. The predicted molar refractivity (Wildman–Crippen MR) is 344 cm³/mol. The second kappa shape index (κ2) is 21.4. The Hall–Kier alpha value is -8.18. The van der Waals surface area contributed by atoms with Gasteiger partial charge < -0.3 is 14.7 Å². The molecule has 0 saturated carbocycles. The number of aromatic amines is 2. The summed E-state index contributed by atoms with van der Waals surface area (Å²) in [5.74, 6) is -14.4. The van der Waals surface area contributed by atoms with E-state index in [-0.39, 0.29) is 38.1 Å². The lowest BCUT2D eigenvalue weighted by atomic mass is 9.78. The van der Waals surface area contributed by atoms with E-state index in [1.54, 1.807) is 12.1 Å². The van der Waals surface area contributed by atoms with Gasteiger partial charge in [0.25, 0.3) is 0 Å². The number of nitrogens with one attached hydrogen (secondary N) is 2. The number of hydrogen-bond acceptors (Lipinski definition) is 4. The Labute approximate surface area is 502 Å². The van der Waals surface area contributed by atoms with Gasteiger partial charge in [0.15, 0.2) is 0 Å². The summed E-state index contributed by atoms with van der Waals surface area (Å²) in [5.41, 5.74) is 18.4. The molecule has 0 spiro atoms. The van der Waals surface area contributed by atoms with Crippen LogP contribution in [0.2, 0.25) is 0 Å². The summed E-state index contributed by atoms with van der Waals surface area (Å²) < 4.78 is 77.0. The maximum Gasteiger partial charge on any atom is 0.343 e. The van der Waals surface area contributed by atoms with E-state index in [9.17, 15) is 26.7 Å². The van der Waals surface area contributed by atoms with Crippen LogP contribution >= 0.6 is 0 Å². The van der Waals surface area contributed by atoms with Crippen LogP contribution in [0.3, 0.4) is 0 Å². The van der Waals surface area contributed by atoms with Crippen LogP contribution in [0.4, 0.5) is 22.0 Å². The minimum Gasteiger partial charge on any atom is -0.416 e. The van der Waals surface area contributed by atoms with Gasteiger partial charge in [-0.1, -0.05) is 191 Å². The van der Waals surface area contributed by atoms with Crippen molar-refractivity contribution in [2.75, 3.05) is 0 Å². The Morgan fingerprint density at radius 3 is 0.837 bits per heavy atom. The topological polar surface area (TPSA) is 83.7 Å². The highest BCUT2D eigenvalue weighted by molar-refractivity contribution is 6.01. The number of fused-ring (bicyclic) bond motifs is 8. The van der Waals surface area contributed by atoms with E-state index in [0.29, 0.717) is 28.0 Å². The molecule has 2 aliphatic rings. The molecule has 0 amide bonds. The van der Waals surface area contributed by atoms with Crippen LogP contribution in [0.5, 0.6) is 5.75 Å². The summed E-state index contributed by atoms with van der Waals surface area (Å²) in [6, 6.07) is 35.0. The summed E-state index contributed by atoms with van der Waals surface area (Å²) in [4.78, 5) is 32.7. The van der Waals surface area contributed by atoms with Crippen molar-refractivity contribution in [2.24, 2.45) is 0 Å². The minimum absolute atomic E-state index is 0.180. The molecule has 0 aliphatic carbocycles. The fourth-order valence-corrected chi connectivity index (χ4v) is 10.9. The molecule has 2 aliphatic heterocycles. The zero-order valence-corrected chi connectivity index (χ0v) is 52.7. The predicted octanol–water partition coefficient (Wildman–Crippen LogP) is 21.0. The van der Waals surface area contributed by atoms with Crippen LogP contribution < -0.4 is 4.74 Å². The number of halogens is 5. The van der Waals surface area contributed by atoms with E-state index in [1.807, 2.05) is 24.3 Å². The molecule has 444 valence electrons. The lowest BCUT2D eigenvalue weighted by Gasteiger charge is -2.26. The monoisotopic (exact) mass is 1160 g/mol. The zero-order chi connectivity index (χ0) is 62.7. The van der Waals surface area contributed by atoms with Crippen molar-refractivity contribution in [1.29, 1.82) is 0 Å². The number of esters is 1. The van der Waals surface area contributed by atoms with E-state index in [0.717, 1.165) is 83.6 Å². The van der Waals surface area contributed by atoms with Gasteiger partial charge in [-0.3, -0.25) is 0 Å². The normalized spacial score (nSPS) is 13.2. The third-order valence-corrected chi connectivity index (χ3v) is 16.4. The van der Waals surface area contributed by atoms with E-state index >= 15 is 0 Å². The van der Waals surface area contributed by atoms with E-state index in [4.69, 9.17) is 14.7 Å². The number of aromatic nitrogens is 4. The molecule has 0 unspecified atom stereocenters. The number of carbonyl (C=O) groups excluding carboxylic acids is 1. The molecule has 3 aromatic heterocycles. The number of rotatable bonds is 6. The van der Waals surface area contributed by atoms with Crippen molar-refractivity contribution >= 4 is 52.3 Å². The number of ether oxygens (including phenoxy) is 1. The Morgan fingerprint density at radius 2 is 0.581 bits per heavy atom. The van der Waals surface area contributed by atoms with Gasteiger partial charge in [-0.15, -0.1) is 0 Å². The van der Waals surface area contributed by atoms with Crippen molar-refractivity contribution in [3.05, 3.63) is 194 Å². The molecule has 0 radical (unpaired) electrons. The van der Waals surface area contributed by atoms with Crippen molar-refractivity contribution in [3.63, 3.8) is 0 Å². The van der Waals surface area contributed by atoms with Gasteiger partial charge in [0, 0.05) is 44.3 Å². The van der Waals surface area contributed by atoms with Gasteiger partial charge in [-0.2, -0.15) is 8.78 Å². The molecular formula is C75H77F5N4O2. The first-order valence-corrected chi connectivity index (χ1v) is 29.4. The molecule has 10 rings (SSSR count). The first kappa shape index (κ1) is 60.9. The first-order chi connectivity index (χ1) is 39.9. The zero-order valence-electron chi connectivity index (χ0n) is 52.7. The third-order valence-electron chi connectivity index (χ3n) is 16.4. The smallest absolute Gasteiger partial charge is 0.343 e. The van der Waals surface area contributed by atoms with E-state index < -0.39 is 40.8 Å². The van der Waals surface area contributed by atoms with Gasteiger partial charge in [-0.25, -0.2) is 27.9 Å². The molecule has 5 heterocycles. The van der Waals surface area contributed by atoms with Crippen LogP contribution in [0.1, 0.15) is 191 Å². The average molecular weight is 1160 g/mol. The molecule has 86 heavy (non-hydrogen) atoms. The van der Waals surface area contributed by atoms with Crippen molar-refractivity contribution < 1.29 is 31.5 Å². The molecule has 8 aromatic rings. The summed E-state index contributed by atoms with van der Waals surface area (Å²) in [5, 5.41) is 0. The van der Waals surface area contributed by atoms with E-state index in [1.165, 1.54) is 23.3 Å². The fourth-order valence-electron chi connectivity index (χ4n) is 10.9. The average Bonchev–Trinajstić information content (AvgIpc) is 1.70. The molecule has 8 bridgehead atoms. The highest BCUT2D eigenvalue weighted by atomic mass is 19.2. The Kier molecular flexibility index (Phi) is 15.1. The third kappa shape index (κ3) is 11.8. The summed E-state index contributed by atoms with van der Waals surface area (Å²) in [6.07, 6.45) is 8.22. The standard InChI is InChI=1S/C75H77F5N4O2/c1-70(2,3)45-31-42(32-46(37-45)71(4,5)6)60-53-25-23-51(81-53)59(40-19-21-41(22-20-40)69(85)86-68-66(79)64(77)63(76)65(78)67(68)80)52-24-26-54(82-52)61(43-33-47(72(7,8)9)38-48(34-43)73(10,11)12)56-28-30-58(84-56)62(57-29-27-55(60)83-57)44-35-49(74(13,14)15)39-50(36-44)75(16,17)18/h19-39,81,84H,1-18H3. The molecule has 5 aromatic carbocycles. The van der Waals surface area contributed by atoms with Gasteiger partial charge >= 0.3 is 5.97 Å². The molecule has 0 saturated heterocycles. The van der Waals surface area contributed by atoms with Gasteiger partial charge in [-0.05, 0) is 149 Å². The van der Waals surface area contributed by atoms with Crippen LogP contribution in [0.25, 0.3) is 90.9 Å². The first-order valence-electron chi connectivity index (χ1n) is 29.4. The molecular weight excluding hydrogens is 1080 g/mol. The second-order valence-corrected chi connectivity index (χ2v) is 29.3. The number of nitrogens with zero attached hydrogens (tertiary/aromatic N) is 2.